The number of aliphatic hydroxyl groups excluding tert-OH is 1. The molecule has 0 aromatic heterocycles. The van der Waals surface area contributed by atoms with E-state index in [9.17, 15) is 9.90 Å². The lowest BCUT2D eigenvalue weighted by Crippen LogP contribution is -2.55. The lowest BCUT2D eigenvalue weighted by molar-refractivity contribution is -0.161. The van der Waals surface area contributed by atoms with Crippen molar-refractivity contribution in [2.24, 2.45) is 34.5 Å². The molecule has 0 aromatic rings. The topological polar surface area (TPSA) is 59.0 Å². The zero-order valence-corrected chi connectivity index (χ0v) is 19.1. The van der Waals surface area contributed by atoms with E-state index in [0.29, 0.717) is 23.3 Å². The van der Waals surface area contributed by atoms with E-state index in [0.717, 1.165) is 63.8 Å². The van der Waals surface area contributed by atoms with Gasteiger partial charge >= 0.3 is 5.97 Å². The highest BCUT2D eigenvalue weighted by Gasteiger charge is 2.62. The summed E-state index contributed by atoms with van der Waals surface area (Å²) in [4.78, 5) is 14.0. The number of rotatable bonds is 2. The second-order valence-corrected chi connectivity index (χ2v) is 11.6. The van der Waals surface area contributed by atoms with Crippen LogP contribution in [0.3, 0.4) is 0 Å². The van der Waals surface area contributed by atoms with Crippen molar-refractivity contribution >= 4 is 5.97 Å². The van der Waals surface area contributed by atoms with Gasteiger partial charge in [-0.25, -0.2) is 0 Å². The van der Waals surface area contributed by atoms with E-state index < -0.39 is 0 Å². The lowest BCUT2D eigenvalue weighted by atomic mass is 9.45. The largest absolute Gasteiger partial charge is 0.463 e. The molecule has 0 aromatic carbocycles. The van der Waals surface area contributed by atoms with Crippen LogP contribution in [0.4, 0.5) is 0 Å². The second-order valence-electron chi connectivity index (χ2n) is 11.6. The fraction of sp³-hybridized carbons (Fsp3) is 0.960. The van der Waals surface area contributed by atoms with Crippen LogP contribution in [0, 0.1) is 34.5 Å². The van der Waals surface area contributed by atoms with Gasteiger partial charge in [-0.2, -0.15) is 0 Å². The van der Waals surface area contributed by atoms with Crippen LogP contribution in [-0.4, -0.2) is 60.5 Å². The summed E-state index contributed by atoms with van der Waals surface area (Å²) in [7, 11) is 0. The van der Waals surface area contributed by atoms with E-state index in [1.54, 1.807) is 6.92 Å². The summed E-state index contributed by atoms with van der Waals surface area (Å²) >= 11 is 0. The number of aliphatic hydroxyl groups is 1. The molecule has 0 unspecified atom stereocenters. The predicted octanol–water partition coefficient (Wildman–Crippen LogP) is 3.63. The van der Waals surface area contributed by atoms with Crippen LogP contribution in [0.25, 0.3) is 0 Å². The van der Waals surface area contributed by atoms with Crippen LogP contribution in [0.2, 0.25) is 0 Å². The van der Waals surface area contributed by atoms with Crippen molar-refractivity contribution in [2.45, 2.75) is 90.4 Å². The zero-order chi connectivity index (χ0) is 21.1. The minimum atomic E-state index is -0.202. The van der Waals surface area contributed by atoms with Gasteiger partial charge in [0.25, 0.3) is 0 Å². The first-order valence-corrected chi connectivity index (χ1v) is 12.5. The van der Waals surface area contributed by atoms with Crippen LogP contribution in [-0.2, 0) is 14.3 Å². The third kappa shape index (κ3) is 3.26. The maximum atomic E-state index is 11.5. The van der Waals surface area contributed by atoms with E-state index in [1.807, 2.05) is 0 Å². The Morgan fingerprint density at radius 3 is 2.47 bits per heavy atom. The molecule has 4 saturated carbocycles. The first kappa shape index (κ1) is 21.2. The summed E-state index contributed by atoms with van der Waals surface area (Å²) in [6.45, 7) is 10.0. The van der Waals surface area contributed by atoms with Gasteiger partial charge in [0.05, 0.1) is 19.3 Å². The van der Waals surface area contributed by atoms with Crippen LogP contribution in [0.1, 0.15) is 72.1 Å². The minimum absolute atomic E-state index is 0.0717. The van der Waals surface area contributed by atoms with Crippen molar-refractivity contribution in [3.8, 4) is 0 Å². The van der Waals surface area contributed by atoms with Gasteiger partial charge in [0.15, 0.2) is 0 Å². The molecule has 0 spiro atoms. The first-order chi connectivity index (χ1) is 14.3. The molecule has 0 amide bonds. The van der Waals surface area contributed by atoms with Crippen molar-refractivity contribution in [2.75, 3.05) is 26.3 Å². The molecule has 5 rings (SSSR count). The molecular weight excluding hydrogens is 378 g/mol. The van der Waals surface area contributed by atoms with Crippen LogP contribution in [0.5, 0.6) is 0 Å². The molecule has 9 atom stereocenters. The maximum absolute atomic E-state index is 11.5. The Morgan fingerprint density at radius 1 is 1.00 bits per heavy atom. The number of morpholine rings is 1. The number of hydrogen-bond acceptors (Lipinski definition) is 5. The van der Waals surface area contributed by atoms with Crippen molar-refractivity contribution < 1.29 is 19.4 Å². The Balaban J connectivity index is 1.34. The van der Waals surface area contributed by atoms with Gasteiger partial charge in [0.1, 0.15) is 6.10 Å². The van der Waals surface area contributed by atoms with E-state index >= 15 is 0 Å². The standard InChI is InChI=1S/C25H41NO4/c1-16(27)30-18-6-8-24(2)17(14-18)4-5-19-20(24)7-9-25(3)21(19)15-22(23(25)28)26-10-12-29-13-11-26/h17-23,28H,4-15H2,1-3H3/t17-,18-,19+,20-,21-,22-,23+,24-,25-/m0/s1. The van der Waals surface area contributed by atoms with Gasteiger partial charge in [-0.15, -0.1) is 0 Å². The van der Waals surface area contributed by atoms with E-state index in [-0.39, 0.29) is 23.6 Å². The van der Waals surface area contributed by atoms with Gasteiger partial charge < -0.3 is 14.6 Å². The minimum Gasteiger partial charge on any atom is -0.463 e. The zero-order valence-electron chi connectivity index (χ0n) is 19.1. The van der Waals surface area contributed by atoms with Crippen molar-refractivity contribution in [1.82, 2.24) is 4.90 Å². The van der Waals surface area contributed by atoms with Crippen LogP contribution in [0.15, 0.2) is 0 Å². The van der Waals surface area contributed by atoms with E-state index in [2.05, 4.69) is 18.7 Å². The third-order valence-electron chi connectivity index (χ3n) is 10.4. The summed E-state index contributed by atoms with van der Waals surface area (Å²) in [5.41, 5.74) is 0.450. The quantitative estimate of drug-likeness (QED) is 0.693. The number of esters is 1. The van der Waals surface area contributed by atoms with Gasteiger partial charge in [0, 0.05) is 26.1 Å². The predicted molar refractivity (Wildman–Crippen MR) is 115 cm³/mol. The molecule has 4 aliphatic carbocycles. The number of fused-ring (bicyclic) bond motifs is 5. The smallest absolute Gasteiger partial charge is 0.302 e. The second kappa shape index (κ2) is 7.74. The summed E-state index contributed by atoms with van der Waals surface area (Å²) in [5.74, 6) is 2.71. The van der Waals surface area contributed by atoms with Crippen LogP contribution >= 0.6 is 0 Å². The Hall–Kier alpha value is -0.650. The number of carbonyl (C=O) groups is 1. The summed E-state index contributed by atoms with van der Waals surface area (Å²) < 4.78 is 11.2. The molecule has 5 heteroatoms. The molecule has 1 aliphatic heterocycles. The maximum Gasteiger partial charge on any atom is 0.302 e. The molecule has 0 bridgehead atoms. The molecule has 30 heavy (non-hydrogen) atoms. The third-order valence-corrected chi connectivity index (χ3v) is 10.4. The normalized spacial score (nSPS) is 51.5. The van der Waals surface area contributed by atoms with E-state index in [4.69, 9.17) is 9.47 Å². The molecular formula is C25H41NO4. The Labute approximate surface area is 181 Å². The SMILES string of the molecule is CC(=O)O[C@H]1CC[C@@]2(C)[C@@H](CC[C@@H]3[C@@H]2CC[C@]2(C)[C@H](O)[C@@H](N4CCOCC4)C[C@@H]32)C1. The summed E-state index contributed by atoms with van der Waals surface area (Å²) in [5, 5.41) is 11.5. The highest BCUT2D eigenvalue weighted by atomic mass is 16.5. The molecule has 1 saturated heterocycles. The van der Waals surface area contributed by atoms with Crippen LogP contribution < -0.4 is 0 Å². The highest BCUT2D eigenvalue weighted by molar-refractivity contribution is 5.66. The molecule has 0 radical (unpaired) electrons. The summed E-state index contributed by atoms with van der Waals surface area (Å²) in [6, 6.07) is 0.313. The fourth-order valence-corrected chi connectivity index (χ4v) is 8.81. The van der Waals surface area contributed by atoms with Crippen molar-refractivity contribution in [1.29, 1.82) is 0 Å². The van der Waals surface area contributed by atoms with Gasteiger partial charge in [-0.1, -0.05) is 13.8 Å². The Bertz CT molecular complexity index is 664. The fourth-order valence-electron chi connectivity index (χ4n) is 8.81. The van der Waals surface area contributed by atoms with E-state index in [1.165, 1.54) is 25.7 Å². The molecule has 1 N–H and O–H groups in total. The average Bonchev–Trinajstić information content (AvgIpc) is 3.00. The molecule has 5 nitrogen and oxygen atoms in total. The van der Waals surface area contributed by atoms with Gasteiger partial charge in [-0.3, -0.25) is 9.69 Å². The van der Waals surface area contributed by atoms with Gasteiger partial charge in [-0.05, 0) is 85.9 Å². The molecule has 5 aliphatic rings. The highest BCUT2D eigenvalue weighted by Crippen LogP contribution is 2.66. The van der Waals surface area contributed by atoms with Crippen molar-refractivity contribution in [3.05, 3.63) is 0 Å². The van der Waals surface area contributed by atoms with Crippen molar-refractivity contribution in [3.63, 3.8) is 0 Å². The number of ether oxygens (including phenoxy) is 2. The Kier molecular flexibility index (Phi) is 5.47. The number of nitrogens with zero attached hydrogens (tertiary/aromatic N) is 1. The Morgan fingerprint density at radius 2 is 1.73 bits per heavy atom. The first-order valence-electron chi connectivity index (χ1n) is 12.5. The number of carbonyl (C=O) groups excluding carboxylic acids is 1. The van der Waals surface area contributed by atoms with Gasteiger partial charge in [0.2, 0.25) is 0 Å². The molecule has 170 valence electrons. The average molecular weight is 420 g/mol. The number of hydrogen-bond donors (Lipinski definition) is 1. The monoisotopic (exact) mass is 419 g/mol. The lowest BCUT2D eigenvalue weighted by Gasteiger charge is -2.60. The summed E-state index contributed by atoms with van der Waals surface area (Å²) in [6.07, 6.45) is 9.34. The molecule has 5 fully saturated rings. The molecule has 1 heterocycles.